The van der Waals surface area contributed by atoms with Gasteiger partial charge in [-0.05, 0) is 137 Å². The summed E-state index contributed by atoms with van der Waals surface area (Å²) in [6, 6.07) is 23.1. The molecule has 2 aromatic heterocycles. The van der Waals surface area contributed by atoms with Crippen LogP contribution in [0.5, 0.6) is 0 Å². The Balaban J connectivity index is 0.000000158. The summed E-state index contributed by atoms with van der Waals surface area (Å²) in [6.07, 6.45) is 17.8. The second-order valence-electron chi connectivity index (χ2n) is 19.2. The van der Waals surface area contributed by atoms with Crippen LogP contribution in [0.3, 0.4) is 0 Å². The summed E-state index contributed by atoms with van der Waals surface area (Å²) < 4.78 is 0. The molecule has 6 N–H and O–H groups in total. The lowest BCUT2D eigenvalue weighted by Crippen LogP contribution is -2.43. The van der Waals surface area contributed by atoms with Crippen LogP contribution in [0.25, 0.3) is 0 Å². The van der Waals surface area contributed by atoms with Crippen molar-refractivity contribution in [2.75, 3.05) is 10.0 Å². The van der Waals surface area contributed by atoms with E-state index in [1.165, 1.54) is 64.2 Å². The number of nitriles is 2. The van der Waals surface area contributed by atoms with Crippen LogP contribution in [-0.2, 0) is 12.8 Å². The van der Waals surface area contributed by atoms with Crippen molar-refractivity contribution in [2.45, 2.75) is 127 Å². The highest BCUT2D eigenvalue weighted by atomic mass is 35.5. The summed E-state index contributed by atoms with van der Waals surface area (Å²) in [5, 5.41) is 52.1. The summed E-state index contributed by atoms with van der Waals surface area (Å²) in [5.74, 6) is -0.339. The molecule has 14 nitrogen and oxygen atoms in total. The molecule has 4 heterocycles. The Morgan fingerprint density at radius 3 is 1.29 bits per heavy atom. The Hall–Kier alpha value is -5.61. The molecule has 11 rings (SSSR count). The lowest BCUT2D eigenvalue weighted by molar-refractivity contribution is 0.0679. The van der Waals surface area contributed by atoms with Gasteiger partial charge in [-0.25, -0.2) is 19.6 Å². The van der Waals surface area contributed by atoms with Gasteiger partial charge in [-0.3, -0.25) is 10.0 Å². The van der Waals surface area contributed by atoms with Crippen LogP contribution in [0, 0.1) is 46.3 Å². The number of rotatable bonds is 6. The van der Waals surface area contributed by atoms with Gasteiger partial charge in [0.15, 0.2) is 0 Å². The van der Waals surface area contributed by atoms with Gasteiger partial charge in [-0.1, -0.05) is 61.7 Å². The summed E-state index contributed by atoms with van der Waals surface area (Å²) in [4.78, 5) is 31.4. The Morgan fingerprint density at radius 1 is 0.580 bits per heavy atom. The predicted octanol–water partition coefficient (Wildman–Crippen LogP) is 9.94. The van der Waals surface area contributed by atoms with Crippen LogP contribution in [0.15, 0.2) is 70.9 Å². The van der Waals surface area contributed by atoms with Gasteiger partial charge in [-0.15, -0.1) is 12.4 Å². The van der Waals surface area contributed by atoms with Gasteiger partial charge < -0.3 is 21.7 Å². The fourth-order valence-corrected chi connectivity index (χ4v) is 12.2. The number of halogens is 3. The van der Waals surface area contributed by atoms with E-state index in [9.17, 15) is 30.3 Å². The van der Waals surface area contributed by atoms with Crippen LogP contribution in [0.1, 0.15) is 145 Å². The first-order chi connectivity index (χ1) is 32.9. The molecule has 7 aliphatic rings. The fourth-order valence-electron chi connectivity index (χ4n) is 11.7. The fraction of sp³-hybridized carbons (Fsp3) is 0.462. The number of carboxylic acid groups (broad SMARTS) is 2. The molecule has 3 fully saturated rings. The Labute approximate surface area is 418 Å². The molecule has 69 heavy (non-hydrogen) atoms. The third-order valence-corrected chi connectivity index (χ3v) is 15.8. The van der Waals surface area contributed by atoms with Gasteiger partial charge in [-0.2, -0.15) is 20.7 Å². The van der Waals surface area contributed by atoms with Crippen molar-refractivity contribution in [2.24, 2.45) is 45.3 Å². The molecule has 0 spiro atoms. The number of nitrogens with two attached hydrogens (primary N) is 2. The van der Waals surface area contributed by atoms with Gasteiger partial charge in [0.05, 0.1) is 67.4 Å². The minimum atomic E-state index is -1.01. The maximum atomic E-state index is 11.3. The summed E-state index contributed by atoms with van der Waals surface area (Å²) >= 11 is 12.7. The van der Waals surface area contributed by atoms with Gasteiger partial charge in [0.2, 0.25) is 0 Å². The molecular weight excluding hydrogens is 935 g/mol. The summed E-state index contributed by atoms with van der Waals surface area (Å²) in [7, 11) is 0. The molecular formula is C52H57Cl3N10O4. The second-order valence-corrected chi connectivity index (χ2v) is 20.0. The second kappa shape index (κ2) is 21.6. The quantitative estimate of drug-likeness (QED) is 0.141. The van der Waals surface area contributed by atoms with E-state index >= 15 is 0 Å². The van der Waals surface area contributed by atoms with Gasteiger partial charge >= 0.3 is 11.9 Å². The van der Waals surface area contributed by atoms with Crippen molar-refractivity contribution in [3.8, 4) is 12.1 Å². The number of hydrazone groups is 2. The third kappa shape index (κ3) is 10.2. The number of hydrogen-bond acceptors (Lipinski definition) is 12. The molecule has 0 bridgehead atoms. The molecule has 6 atom stereocenters. The zero-order valence-electron chi connectivity index (χ0n) is 38.3. The average molecular weight is 992 g/mol. The number of hydrogen-bond donors (Lipinski definition) is 4. The molecule has 360 valence electrons. The van der Waals surface area contributed by atoms with E-state index in [2.05, 4.69) is 32.1 Å². The van der Waals surface area contributed by atoms with Crippen molar-refractivity contribution < 1.29 is 19.8 Å². The number of nitrogens with zero attached hydrogens (tertiary/aromatic N) is 8. The summed E-state index contributed by atoms with van der Waals surface area (Å²) in [5.41, 5.74) is 19.7. The Morgan fingerprint density at radius 2 is 0.957 bits per heavy atom. The number of carboxylic acids is 2. The minimum Gasteiger partial charge on any atom is -0.477 e. The molecule has 0 unspecified atom stereocenters. The lowest BCUT2D eigenvalue weighted by Gasteiger charge is -2.34. The molecule has 0 saturated heterocycles. The Kier molecular flexibility index (Phi) is 15.6. The molecule has 5 aliphatic carbocycles. The molecule has 3 saturated carbocycles. The summed E-state index contributed by atoms with van der Waals surface area (Å²) in [6.45, 7) is 0. The standard InChI is InChI=1S/2C23H21ClN4O2.C6H14N2.ClH/c2*24-18-11-15(6-5-14(18)12-25)28-22(13-3-1-2-4-13)17-8-9-19-16(21(17)27-28)7-10-20(26-19)23(29)30;7-5-3-1-2-4-6(5)8;/h2*5-7,10-11,13,17,22H,1-4,8-9H2,(H,29,30);5-6H,1-4,7-8H2;1H/t2*17-,22-;5-,6-;/m000./s1. The highest BCUT2D eigenvalue weighted by Gasteiger charge is 2.47. The van der Waals surface area contributed by atoms with E-state index in [0.717, 1.165) is 83.8 Å². The van der Waals surface area contributed by atoms with Crippen molar-refractivity contribution >= 4 is 70.3 Å². The highest BCUT2D eigenvalue weighted by molar-refractivity contribution is 6.32. The van der Waals surface area contributed by atoms with Gasteiger partial charge in [0.1, 0.15) is 23.5 Å². The average Bonchev–Trinajstić information content (AvgIpc) is 4.19. The molecule has 2 aromatic carbocycles. The number of benzene rings is 2. The van der Waals surface area contributed by atoms with Gasteiger partial charge in [0.25, 0.3) is 0 Å². The largest absolute Gasteiger partial charge is 0.477 e. The zero-order chi connectivity index (χ0) is 47.6. The van der Waals surface area contributed by atoms with E-state index < -0.39 is 11.9 Å². The van der Waals surface area contributed by atoms with Crippen LogP contribution in [0.4, 0.5) is 11.4 Å². The van der Waals surface area contributed by atoms with E-state index in [0.29, 0.717) is 33.0 Å². The topological polar surface area (TPSA) is 231 Å². The van der Waals surface area contributed by atoms with Crippen molar-refractivity contribution in [1.82, 2.24) is 9.97 Å². The van der Waals surface area contributed by atoms with E-state index in [1.54, 1.807) is 24.3 Å². The van der Waals surface area contributed by atoms with Crippen LogP contribution in [-0.4, -0.2) is 67.7 Å². The SMILES string of the molecule is Cl.N#Cc1ccc(N2N=C3c4ccc(C(=O)O)nc4CC[C@@H]3[C@@H]2C2CCCC2)cc1Cl.N#Cc1ccc(N2N=C3c4ccc(C(=O)O)nc4CC[C@@H]3[C@@H]2C2CCCC2)cc1Cl.N[C@H]1CCCC[C@@H]1N. The van der Waals surface area contributed by atoms with Crippen LogP contribution in [0.2, 0.25) is 10.0 Å². The first kappa shape index (κ1) is 49.8. The maximum Gasteiger partial charge on any atom is 0.354 e. The lowest BCUT2D eigenvalue weighted by atomic mass is 9.76. The highest BCUT2D eigenvalue weighted by Crippen LogP contribution is 2.47. The number of pyridine rings is 2. The molecule has 0 radical (unpaired) electrons. The van der Waals surface area contributed by atoms with E-state index in [-0.39, 0.29) is 59.8 Å². The van der Waals surface area contributed by atoms with Gasteiger partial charge in [0, 0.05) is 35.0 Å². The van der Waals surface area contributed by atoms with Crippen molar-refractivity contribution in [3.05, 3.63) is 116 Å². The number of aromatic carboxylic acids is 2. The Bertz CT molecular complexity index is 2560. The van der Waals surface area contributed by atoms with Crippen molar-refractivity contribution in [3.63, 3.8) is 0 Å². The smallest absolute Gasteiger partial charge is 0.354 e. The van der Waals surface area contributed by atoms with E-state index in [1.807, 2.05) is 36.4 Å². The first-order valence-corrected chi connectivity index (χ1v) is 24.8. The molecule has 0 amide bonds. The number of carbonyl (C=O) groups is 2. The number of aromatic nitrogens is 2. The molecule has 17 heteroatoms. The molecule has 4 aromatic rings. The van der Waals surface area contributed by atoms with Crippen LogP contribution < -0.4 is 21.5 Å². The predicted molar refractivity (Wildman–Crippen MR) is 270 cm³/mol. The molecule has 2 aliphatic heterocycles. The third-order valence-electron chi connectivity index (χ3n) is 15.2. The van der Waals surface area contributed by atoms with E-state index in [4.69, 9.17) is 44.9 Å². The number of aryl methyl sites for hydroxylation is 2. The monoisotopic (exact) mass is 990 g/mol. The first-order valence-electron chi connectivity index (χ1n) is 24.1. The minimum absolute atomic E-state index is 0. The van der Waals surface area contributed by atoms with Crippen LogP contribution >= 0.6 is 35.6 Å². The van der Waals surface area contributed by atoms with Crippen molar-refractivity contribution in [1.29, 1.82) is 10.5 Å². The zero-order valence-corrected chi connectivity index (χ0v) is 40.6. The maximum absolute atomic E-state index is 11.3. The number of anilines is 2. The normalized spacial score (nSPS) is 24.6. The number of fused-ring (bicyclic) bond motifs is 6.